The Morgan fingerprint density at radius 3 is 2.46 bits per heavy atom. The summed E-state index contributed by atoms with van der Waals surface area (Å²) in [6, 6.07) is 27.4. The van der Waals surface area contributed by atoms with Crippen molar-refractivity contribution < 1.29 is 0 Å². The molecule has 0 saturated heterocycles. The van der Waals surface area contributed by atoms with Crippen LogP contribution in [0, 0.1) is 0 Å². The number of rotatable bonds is 5. The number of aromatic amines is 3. The smallest absolute Gasteiger partial charge is 0.181 e. The fraction of sp³-hybridized carbons (Fsp3) is 0. The summed E-state index contributed by atoms with van der Waals surface area (Å²) >= 11 is 4.43. The fourth-order valence-electron chi connectivity index (χ4n) is 6.95. The van der Waals surface area contributed by atoms with Gasteiger partial charge in [-0.15, -0.1) is 11.3 Å². The van der Waals surface area contributed by atoms with Crippen LogP contribution in [0.1, 0.15) is 0 Å². The first-order chi connectivity index (χ1) is 24.8. The number of imidazole rings is 2. The molecule has 0 aliphatic rings. The molecule has 0 atom stereocenters. The molecule has 7 aromatic heterocycles. The number of nitrogens with zero attached hydrogens (tertiary/aromatic N) is 7. The summed E-state index contributed by atoms with van der Waals surface area (Å²) in [6.45, 7) is 0. The molecular weight excluding hydrogens is 681 g/mol. The first kappa shape index (κ1) is 27.8. The summed E-state index contributed by atoms with van der Waals surface area (Å²) in [7, 11) is 0. The van der Waals surface area contributed by atoms with Gasteiger partial charge in [0.15, 0.2) is 17.3 Å². The molecule has 3 N–H and O–H groups in total. The van der Waals surface area contributed by atoms with Crippen molar-refractivity contribution in [2.24, 2.45) is 0 Å². The molecule has 0 spiro atoms. The number of benzene rings is 4. The van der Waals surface area contributed by atoms with Gasteiger partial charge in [-0.3, -0.25) is 0 Å². The van der Waals surface area contributed by atoms with E-state index in [1.165, 1.54) is 27.8 Å². The molecule has 0 bridgehead atoms. The molecule has 11 rings (SSSR count). The second-order valence-corrected chi connectivity index (χ2v) is 14.2. The van der Waals surface area contributed by atoms with Gasteiger partial charge in [0.2, 0.25) is 0 Å². The van der Waals surface area contributed by atoms with Crippen LogP contribution in [0.4, 0.5) is 0 Å². The summed E-state index contributed by atoms with van der Waals surface area (Å²) in [5, 5.41) is 5.43. The van der Waals surface area contributed by atoms with Crippen molar-refractivity contribution in [1.29, 1.82) is 0 Å². The van der Waals surface area contributed by atoms with Gasteiger partial charge in [-0.2, -0.15) is 8.75 Å². The zero-order valence-corrected chi connectivity index (χ0v) is 28.1. The Labute approximate surface area is 293 Å². The number of hydrogen-bond donors (Lipinski definition) is 3. The second kappa shape index (κ2) is 10.7. The Kier molecular flexibility index (Phi) is 5.93. The summed E-state index contributed by atoms with van der Waals surface area (Å²) < 4.78 is 10.9. The van der Waals surface area contributed by atoms with Crippen LogP contribution < -0.4 is 0 Å². The van der Waals surface area contributed by atoms with E-state index >= 15 is 0 Å². The van der Waals surface area contributed by atoms with E-state index in [-0.39, 0.29) is 0 Å². The number of hydrogen-bond acceptors (Lipinski definition) is 10. The molecule has 0 saturated carbocycles. The summed E-state index contributed by atoms with van der Waals surface area (Å²) in [5.74, 6) is 1.81. The first-order valence-corrected chi connectivity index (χ1v) is 18.2. The van der Waals surface area contributed by atoms with Crippen molar-refractivity contribution in [3.8, 4) is 55.9 Å². The van der Waals surface area contributed by atoms with Crippen molar-refractivity contribution in [2.45, 2.75) is 0 Å². The second-order valence-electron chi connectivity index (χ2n) is 11.8. The van der Waals surface area contributed by atoms with Crippen LogP contribution in [0.3, 0.4) is 0 Å². The minimum Gasteiger partial charge on any atom is -0.354 e. The average Bonchev–Trinajstić information content (AvgIpc) is 4.01. The third-order valence-electron chi connectivity index (χ3n) is 9.09. The molecule has 236 valence electrons. The quantitative estimate of drug-likeness (QED) is 0.163. The van der Waals surface area contributed by atoms with E-state index in [9.17, 15) is 0 Å². The van der Waals surface area contributed by atoms with Crippen LogP contribution >= 0.6 is 34.4 Å². The Morgan fingerprint density at radius 1 is 0.640 bits per heavy atom. The SMILES string of the molecule is c1ccc2sc(-c3c(-c4ccsn4)c(-c4ncsn4)c4nc(-c5cccc6c5[nH]c5ccccc56)[nH]c4c3-c3ncc4[nH]cnc4n3)cc2c1. The molecule has 13 heteroatoms. The molecule has 0 amide bonds. The first-order valence-electron chi connectivity index (χ1n) is 15.7. The number of para-hydroxylation sites is 2. The lowest BCUT2D eigenvalue weighted by atomic mass is 9.89. The summed E-state index contributed by atoms with van der Waals surface area (Å²) in [4.78, 5) is 36.2. The van der Waals surface area contributed by atoms with E-state index in [0.29, 0.717) is 28.6 Å². The maximum atomic E-state index is 5.40. The third kappa shape index (κ3) is 4.08. The van der Waals surface area contributed by atoms with E-state index in [1.54, 1.807) is 29.4 Å². The molecule has 0 unspecified atom stereocenters. The standard InChI is InChI=1S/C37H20N10S3/c1-4-11-25-18(6-1)14-26(50-25)28-27(23-12-13-48-46-23)29(37-41-17-49-47-37)32-33(30(28)36-38-15-24-35(45-36)40-16-39-24)44-34(43-32)21-9-5-8-20-19-7-2-3-10-22(19)42-31(20)21/h1-17,42H,(H,43,44)(H,38,39,40,45). The highest BCUT2D eigenvalue weighted by molar-refractivity contribution is 7.22. The Balaban J connectivity index is 1.33. The van der Waals surface area contributed by atoms with E-state index in [1.807, 2.05) is 17.5 Å². The minimum absolute atomic E-state index is 0.523. The Morgan fingerprint density at radius 2 is 1.56 bits per heavy atom. The van der Waals surface area contributed by atoms with Gasteiger partial charge in [0.25, 0.3) is 0 Å². The Hall–Kier alpha value is -6.15. The molecule has 0 aliphatic heterocycles. The van der Waals surface area contributed by atoms with Gasteiger partial charge in [-0.25, -0.2) is 24.9 Å². The molecule has 0 aliphatic carbocycles. The number of nitrogens with one attached hydrogen (secondary N) is 3. The zero-order chi connectivity index (χ0) is 32.8. The van der Waals surface area contributed by atoms with Crippen LogP contribution in [-0.4, -0.2) is 48.6 Å². The van der Waals surface area contributed by atoms with Crippen molar-refractivity contribution in [3.63, 3.8) is 0 Å². The molecule has 11 aromatic rings. The molecule has 0 fully saturated rings. The van der Waals surface area contributed by atoms with Crippen LogP contribution in [0.2, 0.25) is 0 Å². The lowest BCUT2D eigenvalue weighted by molar-refractivity contribution is 1.21. The van der Waals surface area contributed by atoms with Crippen molar-refractivity contribution in [2.75, 3.05) is 0 Å². The molecule has 10 nitrogen and oxygen atoms in total. The monoisotopic (exact) mass is 700 g/mol. The average molecular weight is 701 g/mol. The lowest BCUT2D eigenvalue weighted by Gasteiger charge is -2.17. The zero-order valence-electron chi connectivity index (χ0n) is 25.7. The highest BCUT2D eigenvalue weighted by atomic mass is 32.1. The van der Waals surface area contributed by atoms with E-state index < -0.39 is 0 Å². The van der Waals surface area contributed by atoms with Crippen LogP contribution in [0.15, 0.2) is 102 Å². The summed E-state index contributed by atoms with van der Waals surface area (Å²) in [6.07, 6.45) is 3.42. The van der Waals surface area contributed by atoms with E-state index in [0.717, 1.165) is 76.6 Å². The molecule has 0 radical (unpaired) electrons. The van der Waals surface area contributed by atoms with Gasteiger partial charge in [0.05, 0.1) is 40.4 Å². The molecule has 50 heavy (non-hydrogen) atoms. The van der Waals surface area contributed by atoms with E-state index in [2.05, 4.69) is 86.7 Å². The van der Waals surface area contributed by atoms with Gasteiger partial charge in [-0.1, -0.05) is 48.5 Å². The van der Waals surface area contributed by atoms with Gasteiger partial charge in [-0.05, 0) is 58.8 Å². The van der Waals surface area contributed by atoms with Gasteiger partial charge in [0.1, 0.15) is 22.4 Å². The van der Waals surface area contributed by atoms with Crippen molar-refractivity contribution >= 4 is 88.5 Å². The summed E-state index contributed by atoms with van der Waals surface area (Å²) in [5.41, 5.74) is 11.8. The van der Waals surface area contributed by atoms with Crippen LogP contribution in [0.25, 0.3) is 110 Å². The maximum Gasteiger partial charge on any atom is 0.181 e. The maximum absolute atomic E-state index is 5.40. The molecule has 4 aromatic carbocycles. The molecule has 7 heterocycles. The highest BCUT2D eigenvalue weighted by Gasteiger charge is 2.31. The largest absolute Gasteiger partial charge is 0.354 e. The predicted molar refractivity (Wildman–Crippen MR) is 202 cm³/mol. The van der Waals surface area contributed by atoms with Crippen molar-refractivity contribution in [3.05, 3.63) is 102 Å². The highest BCUT2D eigenvalue weighted by Crippen LogP contribution is 2.51. The van der Waals surface area contributed by atoms with Gasteiger partial charge >= 0.3 is 0 Å². The topological polar surface area (TPSA) is 138 Å². The van der Waals surface area contributed by atoms with Crippen molar-refractivity contribution in [1.82, 2.24) is 48.6 Å². The van der Waals surface area contributed by atoms with Crippen LogP contribution in [0.5, 0.6) is 0 Å². The minimum atomic E-state index is 0.523. The number of aromatic nitrogens is 10. The molecular formula is C37H20N10S3. The number of thiophene rings is 1. The van der Waals surface area contributed by atoms with Gasteiger partial charge < -0.3 is 15.0 Å². The Bertz CT molecular complexity index is 3020. The fourth-order valence-corrected chi connectivity index (χ4v) is 9.02. The normalized spacial score (nSPS) is 12.0. The lowest BCUT2D eigenvalue weighted by Crippen LogP contribution is -1.99. The number of fused-ring (bicyclic) bond motifs is 6. The predicted octanol–water partition coefficient (Wildman–Crippen LogP) is 9.72. The third-order valence-corrected chi connectivity index (χ3v) is 11.3. The van der Waals surface area contributed by atoms with Gasteiger partial charge in [0, 0.05) is 47.9 Å². The van der Waals surface area contributed by atoms with E-state index in [4.69, 9.17) is 28.7 Å². The van der Waals surface area contributed by atoms with Crippen LogP contribution in [-0.2, 0) is 0 Å². The number of H-pyrrole nitrogens is 3.